The van der Waals surface area contributed by atoms with Crippen molar-refractivity contribution in [2.24, 2.45) is 5.41 Å². The maximum Gasteiger partial charge on any atom is 0.317 e. The van der Waals surface area contributed by atoms with Crippen molar-refractivity contribution in [1.29, 1.82) is 0 Å². The van der Waals surface area contributed by atoms with Crippen molar-refractivity contribution in [2.45, 2.75) is 32.2 Å². The van der Waals surface area contributed by atoms with Crippen molar-refractivity contribution >= 4 is 21.8 Å². The first kappa shape index (κ1) is 15.1. The number of sulfone groups is 1. The van der Waals surface area contributed by atoms with Crippen molar-refractivity contribution in [2.75, 3.05) is 24.6 Å². The molecule has 1 atom stereocenters. The van der Waals surface area contributed by atoms with Gasteiger partial charge in [0.25, 0.3) is 0 Å². The first-order chi connectivity index (χ1) is 9.21. The lowest BCUT2D eigenvalue weighted by atomic mass is 10.1. The number of aliphatic carboxylic acids is 1. The molecule has 1 heterocycles. The largest absolute Gasteiger partial charge is 0.481 e. The Balaban J connectivity index is 1.99. The van der Waals surface area contributed by atoms with E-state index in [1.54, 1.807) is 0 Å². The summed E-state index contributed by atoms with van der Waals surface area (Å²) < 4.78 is 23.2. The maximum absolute atomic E-state index is 12.1. The second kappa shape index (κ2) is 5.23. The Hall–Kier alpha value is -1.31. The fourth-order valence-corrected chi connectivity index (χ4v) is 3.83. The molecule has 0 aromatic rings. The van der Waals surface area contributed by atoms with Gasteiger partial charge in [-0.25, -0.2) is 13.2 Å². The molecule has 7 nitrogen and oxygen atoms in total. The number of hydrogen-bond acceptors (Lipinski definition) is 4. The van der Waals surface area contributed by atoms with E-state index >= 15 is 0 Å². The quantitative estimate of drug-likeness (QED) is 0.765. The van der Waals surface area contributed by atoms with Gasteiger partial charge in [0.15, 0.2) is 9.84 Å². The van der Waals surface area contributed by atoms with E-state index in [1.165, 1.54) is 4.90 Å². The summed E-state index contributed by atoms with van der Waals surface area (Å²) >= 11 is 0. The minimum absolute atomic E-state index is 0.0584. The molecule has 0 aromatic carbocycles. The summed E-state index contributed by atoms with van der Waals surface area (Å²) in [5.74, 6) is -1.48. The molecule has 2 N–H and O–H groups in total. The van der Waals surface area contributed by atoms with Gasteiger partial charge in [-0.2, -0.15) is 0 Å². The molecule has 8 heteroatoms. The number of nitrogens with zero attached hydrogens (tertiary/aromatic N) is 1. The van der Waals surface area contributed by atoms with E-state index in [0.717, 1.165) is 12.8 Å². The highest BCUT2D eigenvalue weighted by atomic mass is 32.2. The van der Waals surface area contributed by atoms with Crippen molar-refractivity contribution < 1.29 is 23.1 Å². The predicted molar refractivity (Wildman–Crippen MR) is 72.1 cm³/mol. The second-order valence-corrected chi connectivity index (χ2v) is 8.26. The van der Waals surface area contributed by atoms with Crippen LogP contribution in [-0.4, -0.2) is 61.1 Å². The Morgan fingerprint density at radius 1 is 1.40 bits per heavy atom. The molecule has 1 unspecified atom stereocenters. The summed E-state index contributed by atoms with van der Waals surface area (Å²) in [7, 11) is -3.26. The fraction of sp³-hybridized carbons (Fsp3) is 0.833. The molecular formula is C12H20N2O5S. The second-order valence-electron chi connectivity index (χ2n) is 6.03. The van der Waals surface area contributed by atoms with E-state index in [4.69, 9.17) is 5.11 Å². The van der Waals surface area contributed by atoms with Gasteiger partial charge < -0.3 is 15.3 Å². The Labute approximate surface area is 118 Å². The van der Waals surface area contributed by atoms with Crippen LogP contribution in [0.1, 0.15) is 26.2 Å². The molecule has 1 saturated heterocycles. The molecule has 2 rings (SSSR count). The smallest absolute Gasteiger partial charge is 0.317 e. The minimum Gasteiger partial charge on any atom is -0.481 e. The average molecular weight is 304 g/mol. The van der Waals surface area contributed by atoms with Gasteiger partial charge in [-0.15, -0.1) is 0 Å². The van der Waals surface area contributed by atoms with Crippen molar-refractivity contribution in [1.82, 2.24) is 10.2 Å². The van der Waals surface area contributed by atoms with Crippen LogP contribution in [0.5, 0.6) is 0 Å². The highest BCUT2D eigenvalue weighted by Gasteiger charge is 2.39. The standard InChI is InChI=1S/C12H20N2O5S/c1-12(2-3-12)8-13-11(17)14-4-5-20(18,19)7-9(14)6-10(15)16/h9H,2-8H2,1H3,(H,13,17)(H,15,16). The predicted octanol–water partition coefficient (Wildman–Crippen LogP) is 0.0698. The SMILES string of the molecule is CC1(CNC(=O)N2CCS(=O)(=O)CC2CC(=O)O)CC1. The molecule has 2 fully saturated rings. The van der Waals surface area contributed by atoms with Gasteiger partial charge in [0.1, 0.15) is 0 Å². The van der Waals surface area contributed by atoms with Gasteiger partial charge in [-0.05, 0) is 18.3 Å². The molecule has 1 saturated carbocycles. The first-order valence-electron chi connectivity index (χ1n) is 6.67. The lowest BCUT2D eigenvalue weighted by Crippen LogP contribution is -2.55. The van der Waals surface area contributed by atoms with Gasteiger partial charge in [0, 0.05) is 13.1 Å². The monoisotopic (exact) mass is 304 g/mol. The van der Waals surface area contributed by atoms with Crippen LogP contribution in [0, 0.1) is 5.41 Å². The summed E-state index contributed by atoms with van der Waals surface area (Å²) in [6.07, 6.45) is 1.80. The Morgan fingerprint density at radius 3 is 2.60 bits per heavy atom. The fourth-order valence-electron chi connectivity index (χ4n) is 2.31. The topological polar surface area (TPSA) is 104 Å². The van der Waals surface area contributed by atoms with Crippen molar-refractivity contribution in [3.05, 3.63) is 0 Å². The summed E-state index contributed by atoms with van der Waals surface area (Å²) in [4.78, 5) is 24.3. The van der Waals surface area contributed by atoms with Crippen molar-refractivity contribution in [3.63, 3.8) is 0 Å². The number of amides is 2. The number of carboxylic acid groups (broad SMARTS) is 1. The van der Waals surface area contributed by atoms with Crippen LogP contribution in [0.3, 0.4) is 0 Å². The number of carboxylic acids is 1. The Bertz CT molecular complexity index is 512. The van der Waals surface area contributed by atoms with Crippen LogP contribution in [-0.2, 0) is 14.6 Å². The zero-order chi connectivity index (χ0) is 15.0. The summed E-state index contributed by atoms with van der Waals surface area (Å²) in [5.41, 5.74) is 0.153. The average Bonchev–Trinajstić information content (AvgIpc) is 3.03. The molecule has 1 aliphatic heterocycles. The number of carbonyl (C=O) groups excluding carboxylic acids is 1. The van der Waals surface area contributed by atoms with E-state index in [0.29, 0.717) is 6.54 Å². The summed E-state index contributed by atoms with van der Waals surface area (Å²) in [6.45, 7) is 2.68. The third-order valence-corrected chi connectivity index (χ3v) is 5.67. The maximum atomic E-state index is 12.1. The minimum atomic E-state index is -3.26. The summed E-state index contributed by atoms with van der Waals surface area (Å²) in [5, 5.41) is 11.6. The summed E-state index contributed by atoms with van der Waals surface area (Å²) in [6, 6.07) is -1.14. The number of hydrogen-bond donors (Lipinski definition) is 2. The normalized spacial score (nSPS) is 26.9. The van der Waals surface area contributed by atoms with Crippen LogP contribution < -0.4 is 5.32 Å². The van der Waals surface area contributed by atoms with E-state index < -0.39 is 21.8 Å². The molecule has 114 valence electrons. The molecule has 2 amide bonds. The van der Waals surface area contributed by atoms with E-state index in [9.17, 15) is 18.0 Å². The van der Waals surface area contributed by atoms with E-state index in [2.05, 4.69) is 12.2 Å². The number of urea groups is 1. The van der Waals surface area contributed by atoms with Crippen LogP contribution in [0.4, 0.5) is 4.79 Å². The molecular weight excluding hydrogens is 284 g/mol. The van der Waals surface area contributed by atoms with Crippen LogP contribution in [0.25, 0.3) is 0 Å². The Kier molecular flexibility index (Phi) is 3.95. The molecule has 1 aliphatic carbocycles. The van der Waals surface area contributed by atoms with Gasteiger partial charge in [-0.3, -0.25) is 4.79 Å². The van der Waals surface area contributed by atoms with Crippen molar-refractivity contribution in [3.8, 4) is 0 Å². The number of nitrogens with one attached hydrogen (secondary N) is 1. The van der Waals surface area contributed by atoms with Crippen LogP contribution in [0.15, 0.2) is 0 Å². The lowest BCUT2D eigenvalue weighted by molar-refractivity contribution is -0.138. The highest BCUT2D eigenvalue weighted by Crippen LogP contribution is 2.44. The molecule has 0 spiro atoms. The van der Waals surface area contributed by atoms with Gasteiger partial charge >= 0.3 is 12.0 Å². The van der Waals surface area contributed by atoms with Crippen LogP contribution >= 0.6 is 0 Å². The molecule has 20 heavy (non-hydrogen) atoms. The van der Waals surface area contributed by atoms with Crippen LogP contribution in [0.2, 0.25) is 0 Å². The number of carbonyl (C=O) groups is 2. The third-order valence-electron chi connectivity index (χ3n) is 3.97. The Morgan fingerprint density at radius 2 is 2.05 bits per heavy atom. The zero-order valence-electron chi connectivity index (χ0n) is 11.5. The lowest BCUT2D eigenvalue weighted by Gasteiger charge is -2.34. The van der Waals surface area contributed by atoms with E-state index in [1.807, 2.05) is 0 Å². The highest BCUT2D eigenvalue weighted by molar-refractivity contribution is 7.91. The molecule has 2 aliphatic rings. The van der Waals surface area contributed by atoms with Gasteiger partial charge in [-0.1, -0.05) is 6.92 Å². The van der Waals surface area contributed by atoms with Gasteiger partial charge in [0.2, 0.25) is 0 Å². The van der Waals surface area contributed by atoms with Gasteiger partial charge in [0.05, 0.1) is 24.0 Å². The third kappa shape index (κ3) is 3.84. The first-order valence-corrected chi connectivity index (χ1v) is 8.50. The zero-order valence-corrected chi connectivity index (χ0v) is 12.3. The molecule has 0 bridgehead atoms. The molecule has 0 radical (unpaired) electrons. The number of rotatable bonds is 4. The van der Waals surface area contributed by atoms with E-state index in [-0.39, 0.29) is 35.9 Å². The molecule has 0 aromatic heterocycles.